The average Bonchev–Trinajstić information content (AvgIpc) is 2.74. The van der Waals surface area contributed by atoms with E-state index in [0.29, 0.717) is 30.1 Å². The molecule has 1 fully saturated rings. The number of hydrogen-bond acceptors (Lipinski definition) is 5. The van der Waals surface area contributed by atoms with Crippen molar-refractivity contribution in [3.63, 3.8) is 0 Å². The van der Waals surface area contributed by atoms with Gasteiger partial charge >= 0.3 is 0 Å². The van der Waals surface area contributed by atoms with Gasteiger partial charge in [-0.2, -0.15) is 4.31 Å². The summed E-state index contributed by atoms with van der Waals surface area (Å²) < 4.78 is 32.8. The molecule has 1 N–H and O–H groups in total. The van der Waals surface area contributed by atoms with E-state index in [1.807, 2.05) is 18.4 Å². The smallest absolute Gasteiger partial charge is 0.256 e. The van der Waals surface area contributed by atoms with Gasteiger partial charge in [0, 0.05) is 18.0 Å². The van der Waals surface area contributed by atoms with Crippen LogP contribution in [-0.4, -0.2) is 45.1 Å². The summed E-state index contributed by atoms with van der Waals surface area (Å²) in [5.74, 6) is 0.100. The highest BCUT2D eigenvalue weighted by molar-refractivity contribution is 7.98. The topological polar surface area (TPSA) is 75.7 Å². The quantitative estimate of drug-likeness (QED) is 0.719. The van der Waals surface area contributed by atoms with Crippen LogP contribution in [0.2, 0.25) is 0 Å². The van der Waals surface area contributed by atoms with Gasteiger partial charge in [0.15, 0.2) is 0 Å². The highest BCUT2D eigenvalue weighted by Gasteiger charge is 2.27. The molecule has 8 heteroatoms. The molecule has 0 aliphatic carbocycles. The van der Waals surface area contributed by atoms with Crippen molar-refractivity contribution in [3.8, 4) is 5.75 Å². The van der Waals surface area contributed by atoms with Gasteiger partial charge in [-0.3, -0.25) is 4.79 Å². The summed E-state index contributed by atoms with van der Waals surface area (Å²) in [6.07, 6.45) is 4.68. The van der Waals surface area contributed by atoms with Crippen LogP contribution in [0.3, 0.4) is 0 Å². The number of ether oxygens (including phenoxy) is 1. The molecule has 0 unspecified atom stereocenters. The van der Waals surface area contributed by atoms with Crippen molar-refractivity contribution in [2.45, 2.75) is 29.1 Å². The molecule has 0 atom stereocenters. The molecule has 1 aliphatic rings. The van der Waals surface area contributed by atoms with E-state index in [0.717, 1.165) is 24.2 Å². The molecular weight excluding hydrogens is 396 g/mol. The average molecular weight is 421 g/mol. The van der Waals surface area contributed by atoms with Gasteiger partial charge in [0.05, 0.1) is 23.3 Å². The van der Waals surface area contributed by atoms with Gasteiger partial charge in [-0.25, -0.2) is 8.42 Å². The number of thioether (sulfide) groups is 1. The molecule has 3 rings (SSSR count). The predicted octanol–water partition coefficient (Wildman–Crippen LogP) is 3.84. The Labute approximate surface area is 170 Å². The first-order valence-corrected chi connectivity index (χ1v) is 11.8. The maximum absolute atomic E-state index is 13.0. The zero-order valence-corrected chi connectivity index (χ0v) is 17.6. The molecule has 2 aromatic carbocycles. The minimum absolute atomic E-state index is 0.156. The van der Waals surface area contributed by atoms with Crippen molar-refractivity contribution in [3.05, 3.63) is 48.0 Å². The number of sulfonamides is 1. The normalized spacial score (nSPS) is 15.2. The van der Waals surface area contributed by atoms with Crippen LogP contribution in [0.15, 0.2) is 52.3 Å². The van der Waals surface area contributed by atoms with Crippen molar-refractivity contribution in [2.24, 2.45) is 0 Å². The van der Waals surface area contributed by atoms with E-state index in [9.17, 15) is 13.2 Å². The van der Waals surface area contributed by atoms with E-state index < -0.39 is 10.0 Å². The van der Waals surface area contributed by atoms with Crippen LogP contribution < -0.4 is 10.1 Å². The fourth-order valence-electron chi connectivity index (χ4n) is 3.22. The van der Waals surface area contributed by atoms with Crippen molar-refractivity contribution in [1.29, 1.82) is 0 Å². The lowest BCUT2D eigenvalue weighted by Gasteiger charge is -2.26. The largest absolute Gasteiger partial charge is 0.495 e. The number of anilines is 1. The Hall–Kier alpha value is -2.03. The Morgan fingerprint density at radius 1 is 1.11 bits per heavy atom. The SMILES string of the molecule is COc1ccc(S(=O)(=O)N2CCCCC2)cc1NC(=O)c1ccccc1SC. The number of carbonyl (C=O) groups excluding carboxylic acids is 1. The fraction of sp³-hybridized carbons (Fsp3) is 0.350. The lowest BCUT2D eigenvalue weighted by molar-refractivity contribution is 0.102. The number of nitrogens with zero attached hydrogens (tertiary/aromatic N) is 1. The minimum atomic E-state index is -3.60. The molecule has 0 radical (unpaired) electrons. The van der Waals surface area contributed by atoms with Crippen LogP contribution in [0.4, 0.5) is 5.69 Å². The summed E-state index contributed by atoms with van der Waals surface area (Å²) in [4.78, 5) is 13.8. The Morgan fingerprint density at radius 2 is 1.82 bits per heavy atom. The lowest BCUT2D eigenvalue weighted by Crippen LogP contribution is -2.35. The molecule has 0 spiro atoms. The van der Waals surface area contributed by atoms with Crippen molar-refractivity contribution >= 4 is 33.4 Å². The molecule has 6 nitrogen and oxygen atoms in total. The zero-order chi connectivity index (χ0) is 20.1. The zero-order valence-electron chi connectivity index (χ0n) is 16.0. The lowest BCUT2D eigenvalue weighted by atomic mass is 10.2. The molecule has 28 heavy (non-hydrogen) atoms. The molecular formula is C20H24N2O4S2. The van der Waals surface area contributed by atoms with Crippen LogP contribution in [0.1, 0.15) is 29.6 Å². The molecule has 0 saturated carbocycles. The monoisotopic (exact) mass is 420 g/mol. The molecule has 1 saturated heterocycles. The molecule has 0 bridgehead atoms. The number of benzene rings is 2. The van der Waals surface area contributed by atoms with Gasteiger partial charge in [-0.15, -0.1) is 11.8 Å². The minimum Gasteiger partial charge on any atom is -0.495 e. The van der Waals surface area contributed by atoms with Crippen LogP contribution in [0.25, 0.3) is 0 Å². The van der Waals surface area contributed by atoms with E-state index >= 15 is 0 Å². The molecule has 1 heterocycles. The Bertz CT molecular complexity index is 954. The first-order valence-electron chi connectivity index (χ1n) is 9.10. The number of piperidine rings is 1. The molecule has 1 aliphatic heterocycles. The van der Waals surface area contributed by atoms with Crippen LogP contribution in [0, 0.1) is 0 Å². The van der Waals surface area contributed by atoms with Gasteiger partial charge < -0.3 is 10.1 Å². The van der Waals surface area contributed by atoms with E-state index in [4.69, 9.17) is 4.74 Å². The number of methoxy groups -OCH3 is 1. The van der Waals surface area contributed by atoms with Crippen molar-refractivity contribution < 1.29 is 17.9 Å². The fourth-order valence-corrected chi connectivity index (χ4v) is 5.36. The van der Waals surface area contributed by atoms with Gasteiger partial charge in [0.25, 0.3) is 5.91 Å². The van der Waals surface area contributed by atoms with Crippen LogP contribution >= 0.6 is 11.8 Å². The standard InChI is InChI=1S/C20H24N2O4S2/c1-26-18-11-10-15(28(24,25)22-12-6-3-7-13-22)14-17(18)21-20(23)16-8-4-5-9-19(16)27-2/h4-5,8-11,14H,3,6-7,12-13H2,1-2H3,(H,21,23). The molecule has 0 aromatic heterocycles. The van der Waals surface area contributed by atoms with Gasteiger partial charge in [0.1, 0.15) is 5.75 Å². The van der Waals surface area contributed by atoms with E-state index in [2.05, 4.69) is 5.32 Å². The molecule has 2 aromatic rings. The summed E-state index contributed by atoms with van der Waals surface area (Å²) in [5.41, 5.74) is 0.864. The summed E-state index contributed by atoms with van der Waals surface area (Å²) in [6, 6.07) is 11.8. The summed E-state index contributed by atoms with van der Waals surface area (Å²) in [5, 5.41) is 2.81. The Kier molecular flexibility index (Phi) is 6.64. The summed E-state index contributed by atoms with van der Waals surface area (Å²) in [6.45, 7) is 1.05. The predicted molar refractivity (Wildman–Crippen MR) is 112 cm³/mol. The second-order valence-corrected chi connectivity index (χ2v) is 9.27. The van der Waals surface area contributed by atoms with Crippen molar-refractivity contribution in [1.82, 2.24) is 4.31 Å². The first kappa shape index (κ1) is 20.7. The summed E-state index contributed by atoms with van der Waals surface area (Å²) >= 11 is 1.48. The third-order valence-corrected chi connectivity index (χ3v) is 7.41. The van der Waals surface area contributed by atoms with Crippen LogP contribution in [0.5, 0.6) is 5.75 Å². The number of amides is 1. The Morgan fingerprint density at radius 3 is 2.50 bits per heavy atom. The van der Waals surface area contributed by atoms with E-state index in [1.165, 1.54) is 35.3 Å². The van der Waals surface area contributed by atoms with E-state index in [-0.39, 0.29) is 10.8 Å². The number of rotatable bonds is 6. The number of nitrogens with one attached hydrogen (secondary N) is 1. The first-order chi connectivity index (χ1) is 13.5. The number of hydrogen-bond donors (Lipinski definition) is 1. The van der Waals surface area contributed by atoms with Crippen molar-refractivity contribution in [2.75, 3.05) is 31.8 Å². The summed E-state index contributed by atoms with van der Waals surface area (Å²) in [7, 11) is -2.11. The second-order valence-electron chi connectivity index (χ2n) is 6.48. The highest BCUT2D eigenvalue weighted by Crippen LogP contribution is 2.31. The Balaban J connectivity index is 1.92. The van der Waals surface area contributed by atoms with E-state index in [1.54, 1.807) is 18.2 Å². The highest BCUT2D eigenvalue weighted by atomic mass is 32.2. The van der Waals surface area contributed by atoms with Gasteiger partial charge in [0.2, 0.25) is 10.0 Å². The third-order valence-electron chi connectivity index (χ3n) is 4.72. The van der Waals surface area contributed by atoms with Gasteiger partial charge in [-0.05, 0) is 49.4 Å². The maximum Gasteiger partial charge on any atom is 0.256 e. The van der Waals surface area contributed by atoms with Crippen LogP contribution in [-0.2, 0) is 10.0 Å². The molecule has 150 valence electrons. The second kappa shape index (κ2) is 8.98. The number of carbonyl (C=O) groups is 1. The van der Waals surface area contributed by atoms with Gasteiger partial charge in [-0.1, -0.05) is 18.6 Å². The maximum atomic E-state index is 13.0. The third kappa shape index (κ3) is 4.34. The molecule has 1 amide bonds.